The first-order chi connectivity index (χ1) is 12.3. The van der Waals surface area contributed by atoms with Crippen molar-refractivity contribution in [2.24, 2.45) is 0 Å². The summed E-state index contributed by atoms with van der Waals surface area (Å²) < 4.78 is 12.7. The normalized spacial score (nSPS) is 17.2. The van der Waals surface area contributed by atoms with Crippen molar-refractivity contribution in [2.45, 2.75) is 36.4 Å². The molecule has 1 aromatic carbocycles. The zero-order chi connectivity index (χ0) is 17.1. The number of tetrazole rings is 1. The number of thioether (sulfide) groups is 1. The van der Waals surface area contributed by atoms with E-state index in [2.05, 4.69) is 25.7 Å². The molecule has 2 aromatic heterocycles. The van der Waals surface area contributed by atoms with Crippen molar-refractivity contribution in [3.63, 3.8) is 0 Å². The van der Waals surface area contributed by atoms with E-state index in [1.54, 1.807) is 10.7 Å². The number of nitrogens with zero attached hydrogens (tertiary/aromatic N) is 6. The number of hydrogen-bond donors (Lipinski definition) is 0. The van der Waals surface area contributed by atoms with E-state index in [1.807, 2.05) is 18.2 Å². The van der Waals surface area contributed by atoms with Gasteiger partial charge in [-0.05, 0) is 35.4 Å². The quantitative estimate of drug-likeness (QED) is 0.604. The van der Waals surface area contributed by atoms with E-state index in [0.29, 0.717) is 34.2 Å². The SMILES string of the molecule is Clc1ccccc1-c1noc(CSc2nnnn2C[C@H]2CCCO2)n1. The van der Waals surface area contributed by atoms with Gasteiger partial charge < -0.3 is 9.26 Å². The maximum atomic E-state index is 6.16. The molecule has 0 radical (unpaired) electrons. The van der Waals surface area contributed by atoms with E-state index < -0.39 is 0 Å². The summed E-state index contributed by atoms with van der Waals surface area (Å²) in [5, 5.41) is 17.1. The molecule has 0 spiro atoms. The Kier molecular flexibility index (Phi) is 4.95. The highest BCUT2D eigenvalue weighted by Gasteiger charge is 2.19. The van der Waals surface area contributed by atoms with Crippen molar-refractivity contribution >= 4 is 23.4 Å². The van der Waals surface area contributed by atoms with Gasteiger partial charge >= 0.3 is 0 Å². The standard InChI is InChI=1S/C15H15ClN6O2S/c16-12-6-2-1-5-11(12)14-17-13(24-19-14)9-25-15-18-20-21-22(15)8-10-4-3-7-23-10/h1-2,5-6,10H,3-4,7-9H2/t10-/m1/s1. The maximum Gasteiger partial charge on any atom is 0.237 e. The second kappa shape index (κ2) is 7.51. The van der Waals surface area contributed by atoms with Crippen LogP contribution in [0.2, 0.25) is 5.02 Å². The van der Waals surface area contributed by atoms with Crippen LogP contribution in [0.4, 0.5) is 0 Å². The molecule has 0 aliphatic carbocycles. The molecule has 10 heteroatoms. The second-order valence-corrected chi connectivity index (χ2v) is 6.91. The highest BCUT2D eigenvalue weighted by atomic mass is 35.5. The van der Waals surface area contributed by atoms with Crippen LogP contribution in [0.1, 0.15) is 18.7 Å². The summed E-state index contributed by atoms with van der Waals surface area (Å²) in [6.45, 7) is 1.46. The van der Waals surface area contributed by atoms with Gasteiger partial charge in [-0.15, -0.1) is 5.10 Å². The predicted molar refractivity (Wildman–Crippen MR) is 91.1 cm³/mol. The molecule has 3 heterocycles. The molecular weight excluding hydrogens is 364 g/mol. The number of hydrogen-bond acceptors (Lipinski definition) is 8. The van der Waals surface area contributed by atoms with Gasteiger partial charge in [0, 0.05) is 12.2 Å². The Labute approximate surface area is 152 Å². The summed E-state index contributed by atoms with van der Waals surface area (Å²) in [4.78, 5) is 4.39. The van der Waals surface area contributed by atoms with Crippen LogP contribution in [-0.4, -0.2) is 43.1 Å². The maximum absolute atomic E-state index is 6.16. The predicted octanol–water partition coefficient (Wildman–Crippen LogP) is 2.85. The molecule has 0 saturated carbocycles. The lowest BCUT2D eigenvalue weighted by Crippen LogP contribution is -2.16. The summed E-state index contributed by atoms with van der Waals surface area (Å²) in [7, 11) is 0. The summed E-state index contributed by atoms with van der Waals surface area (Å²) in [5.41, 5.74) is 0.743. The van der Waals surface area contributed by atoms with Gasteiger partial charge in [0.25, 0.3) is 0 Å². The van der Waals surface area contributed by atoms with Crippen molar-refractivity contribution in [2.75, 3.05) is 6.61 Å². The highest BCUT2D eigenvalue weighted by molar-refractivity contribution is 7.98. The van der Waals surface area contributed by atoms with Gasteiger partial charge in [-0.2, -0.15) is 4.98 Å². The molecular formula is C15H15ClN6O2S. The highest BCUT2D eigenvalue weighted by Crippen LogP contribution is 2.26. The van der Waals surface area contributed by atoms with Crippen LogP contribution >= 0.6 is 23.4 Å². The average molecular weight is 379 g/mol. The third kappa shape index (κ3) is 3.83. The van der Waals surface area contributed by atoms with Crippen LogP contribution in [-0.2, 0) is 17.0 Å². The van der Waals surface area contributed by atoms with Crippen LogP contribution in [0, 0.1) is 0 Å². The minimum Gasteiger partial charge on any atom is -0.376 e. The van der Waals surface area contributed by atoms with Crippen molar-refractivity contribution in [3.8, 4) is 11.4 Å². The first-order valence-electron chi connectivity index (χ1n) is 7.87. The monoisotopic (exact) mass is 378 g/mol. The Hall–Kier alpha value is -1.97. The Morgan fingerprint density at radius 3 is 3.08 bits per heavy atom. The molecule has 1 aliphatic heterocycles. The summed E-state index contributed by atoms with van der Waals surface area (Å²) in [5.74, 6) is 1.44. The van der Waals surface area contributed by atoms with Gasteiger partial charge in [0.15, 0.2) is 0 Å². The Balaban J connectivity index is 1.41. The fourth-order valence-corrected chi connectivity index (χ4v) is 3.53. The van der Waals surface area contributed by atoms with E-state index in [-0.39, 0.29) is 6.10 Å². The van der Waals surface area contributed by atoms with Crippen LogP contribution in [0.5, 0.6) is 0 Å². The van der Waals surface area contributed by atoms with Crippen molar-refractivity contribution < 1.29 is 9.26 Å². The van der Waals surface area contributed by atoms with Gasteiger partial charge in [0.2, 0.25) is 16.9 Å². The molecule has 0 bridgehead atoms. The minimum atomic E-state index is 0.179. The Bertz CT molecular complexity index is 848. The van der Waals surface area contributed by atoms with E-state index in [0.717, 1.165) is 25.0 Å². The molecule has 25 heavy (non-hydrogen) atoms. The third-order valence-electron chi connectivity index (χ3n) is 3.81. The van der Waals surface area contributed by atoms with Crippen LogP contribution in [0.3, 0.4) is 0 Å². The van der Waals surface area contributed by atoms with Crippen LogP contribution in [0.15, 0.2) is 33.9 Å². The van der Waals surface area contributed by atoms with Crippen LogP contribution in [0.25, 0.3) is 11.4 Å². The lowest BCUT2D eigenvalue weighted by Gasteiger charge is -2.09. The molecule has 0 unspecified atom stereocenters. The molecule has 0 amide bonds. The zero-order valence-electron chi connectivity index (χ0n) is 13.2. The largest absolute Gasteiger partial charge is 0.376 e. The molecule has 1 aliphatic rings. The van der Waals surface area contributed by atoms with Gasteiger partial charge in [0.1, 0.15) is 0 Å². The fraction of sp³-hybridized carbons (Fsp3) is 0.400. The number of halogens is 1. The summed E-state index contributed by atoms with van der Waals surface area (Å²) in [6.07, 6.45) is 2.30. The summed E-state index contributed by atoms with van der Waals surface area (Å²) >= 11 is 7.60. The lowest BCUT2D eigenvalue weighted by atomic mass is 10.2. The third-order valence-corrected chi connectivity index (χ3v) is 5.08. The van der Waals surface area contributed by atoms with Crippen molar-refractivity contribution in [1.82, 2.24) is 30.3 Å². The lowest BCUT2D eigenvalue weighted by molar-refractivity contribution is 0.0912. The number of ether oxygens (including phenoxy) is 1. The molecule has 8 nitrogen and oxygen atoms in total. The smallest absolute Gasteiger partial charge is 0.237 e. The van der Waals surface area contributed by atoms with Gasteiger partial charge in [-0.25, -0.2) is 4.68 Å². The Morgan fingerprint density at radius 1 is 1.32 bits per heavy atom. The van der Waals surface area contributed by atoms with E-state index in [1.165, 1.54) is 11.8 Å². The molecule has 4 rings (SSSR count). The summed E-state index contributed by atoms with van der Waals surface area (Å²) in [6, 6.07) is 7.38. The molecule has 3 aromatic rings. The van der Waals surface area contributed by atoms with Gasteiger partial charge in [-0.1, -0.05) is 40.7 Å². The van der Waals surface area contributed by atoms with Crippen molar-refractivity contribution in [1.29, 1.82) is 0 Å². The number of aromatic nitrogens is 6. The second-order valence-electron chi connectivity index (χ2n) is 5.56. The fourth-order valence-electron chi connectivity index (χ4n) is 2.59. The number of benzene rings is 1. The van der Waals surface area contributed by atoms with Crippen molar-refractivity contribution in [3.05, 3.63) is 35.2 Å². The van der Waals surface area contributed by atoms with Gasteiger partial charge in [0.05, 0.1) is 23.4 Å². The first-order valence-corrected chi connectivity index (χ1v) is 9.24. The first kappa shape index (κ1) is 16.5. The minimum absolute atomic E-state index is 0.179. The van der Waals surface area contributed by atoms with E-state index in [4.69, 9.17) is 20.9 Å². The molecule has 1 saturated heterocycles. The van der Waals surface area contributed by atoms with Gasteiger partial charge in [-0.3, -0.25) is 0 Å². The van der Waals surface area contributed by atoms with E-state index >= 15 is 0 Å². The topological polar surface area (TPSA) is 91.8 Å². The number of rotatable bonds is 6. The Morgan fingerprint density at radius 2 is 2.24 bits per heavy atom. The molecule has 1 fully saturated rings. The molecule has 0 N–H and O–H groups in total. The van der Waals surface area contributed by atoms with E-state index in [9.17, 15) is 0 Å². The molecule has 1 atom stereocenters. The molecule has 130 valence electrons. The average Bonchev–Trinajstić information content (AvgIpc) is 3.36. The zero-order valence-corrected chi connectivity index (χ0v) is 14.8. The van der Waals surface area contributed by atoms with Crippen LogP contribution < -0.4 is 0 Å².